The summed E-state index contributed by atoms with van der Waals surface area (Å²) in [4.78, 5) is 14.0. The Morgan fingerprint density at radius 3 is 3.12 bits per heavy atom. The van der Waals surface area contributed by atoms with Gasteiger partial charge in [0.15, 0.2) is 0 Å². The molecule has 3 rings (SSSR count). The molecule has 2 amide bonds. The van der Waals surface area contributed by atoms with E-state index in [2.05, 4.69) is 11.4 Å². The number of nitrogens with one attached hydrogen (secondary N) is 1. The molecule has 0 aliphatic carbocycles. The number of rotatable bonds is 1. The lowest BCUT2D eigenvalue weighted by atomic mass is 10.2. The predicted molar refractivity (Wildman–Crippen MR) is 65.2 cm³/mol. The van der Waals surface area contributed by atoms with Crippen LogP contribution >= 0.6 is 0 Å². The van der Waals surface area contributed by atoms with Crippen LogP contribution in [0.1, 0.15) is 12.0 Å². The van der Waals surface area contributed by atoms with E-state index >= 15 is 0 Å². The van der Waals surface area contributed by atoms with Gasteiger partial charge in [-0.3, -0.25) is 4.90 Å². The third-order valence-corrected chi connectivity index (χ3v) is 3.39. The van der Waals surface area contributed by atoms with Gasteiger partial charge in [-0.25, -0.2) is 4.79 Å². The number of nitrogens with zero attached hydrogens (tertiary/aromatic N) is 1. The van der Waals surface area contributed by atoms with Gasteiger partial charge in [0.1, 0.15) is 0 Å². The standard InChI is InChI=1S/C13H16N2O2/c16-13(14-11-6-8-17-9-11)15-7-5-10-3-1-2-4-12(10)15/h1-4,11H,5-9H2,(H,14,16). The van der Waals surface area contributed by atoms with E-state index in [1.165, 1.54) is 5.56 Å². The fraction of sp³-hybridized carbons (Fsp3) is 0.462. The molecule has 1 atom stereocenters. The molecular weight excluding hydrogens is 216 g/mol. The van der Waals surface area contributed by atoms with Gasteiger partial charge in [0.25, 0.3) is 0 Å². The van der Waals surface area contributed by atoms with Crippen LogP contribution in [0.5, 0.6) is 0 Å². The van der Waals surface area contributed by atoms with Crippen LogP contribution in [0.25, 0.3) is 0 Å². The van der Waals surface area contributed by atoms with Crippen molar-refractivity contribution in [1.29, 1.82) is 0 Å². The fourth-order valence-electron chi connectivity index (χ4n) is 2.45. The second-order valence-corrected chi connectivity index (χ2v) is 4.54. The zero-order valence-corrected chi connectivity index (χ0v) is 9.69. The first kappa shape index (κ1) is 10.6. The molecule has 2 aliphatic rings. The average Bonchev–Trinajstić information content (AvgIpc) is 2.96. The van der Waals surface area contributed by atoms with Crippen molar-refractivity contribution in [1.82, 2.24) is 5.32 Å². The van der Waals surface area contributed by atoms with Gasteiger partial charge in [-0.15, -0.1) is 0 Å². The topological polar surface area (TPSA) is 41.6 Å². The smallest absolute Gasteiger partial charge is 0.322 e. The Hall–Kier alpha value is -1.55. The quantitative estimate of drug-likeness (QED) is 0.798. The maximum atomic E-state index is 12.1. The minimum atomic E-state index is 0.00505. The lowest BCUT2D eigenvalue weighted by Crippen LogP contribution is -2.44. The van der Waals surface area contributed by atoms with Crippen LogP contribution in [0.4, 0.5) is 10.5 Å². The molecule has 0 saturated carbocycles. The highest BCUT2D eigenvalue weighted by Gasteiger charge is 2.26. The van der Waals surface area contributed by atoms with E-state index in [4.69, 9.17) is 4.74 Å². The molecular formula is C13H16N2O2. The Morgan fingerprint density at radius 1 is 1.41 bits per heavy atom. The van der Waals surface area contributed by atoms with Gasteiger partial charge in [0, 0.05) is 18.8 Å². The average molecular weight is 232 g/mol. The second kappa shape index (κ2) is 4.37. The van der Waals surface area contributed by atoms with Crippen molar-refractivity contribution in [3.8, 4) is 0 Å². The number of urea groups is 1. The molecule has 1 aromatic carbocycles. The zero-order chi connectivity index (χ0) is 11.7. The van der Waals surface area contributed by atoms with Gasteiger partial charge in [-0.05, 0) is 24.5 Å². The highest BCUT2D eigenvalue weighted by Crippen LogP contribution is 2.27. The predicted octanol–water partition coefficient (Wildman–Crippen LogP) is 1.55. The maximum absolute atomic E-state index is 12.1. The molecule has 2 heterocycles. The summed E-state index contributed by atoms with van der Waals surface area (Å²) in [6.07, 6.45) is 1.87. The monoisotopic (exact) mass is 232 g/mol. The van der Waals surface area contributed by atoms with Crippen molar-refractivity contribution >= 4 is 11.7 Å². The number of para-hydroxylation sites is 1. The lowest BCUT2D eigenvalue weighted by Gasteiger charge is -2.20. The Bertz CT molecular complexity index is 427. The summed E-state index contributed by atoms with van der Waals surface area (Å²) in [5.74, 6) is 0. The fourth-order valence-corrected chi connectivity index (χ4v) is 2.45. The molecule has 1 unspecified atom stereocenters. The minimum Gasteiger partial charge on any atom is -0.379 e. The molecule has 2 aliphatic heterocycles. The van der Waals surface area contributed by atoms with Crippen LogP contribution in [0.3, 0.4) is 0 Å². The number of carbonyl (C=O) groups excluding carboxylic acids is 1. The first-order valence-corrected chi connectivity index (χ1v) is 6.08. The summed E-state index contributed by atoms with van der Waals surface area (Å²) in [6.45, 7) is 2.17. The van der Waals surface area contributed by atoms with E-state index in [-0.39, 0.29) is 12.1 Å². The van der Waals surface area contributed by atoms with Crippen molar-refractivity contribution in [3.63, 3.8) is 0 Å². The molecule has 0 bridgehead atoms. The summed E-state index contributed by atoms with van der Waals surface area (Å²) in [5, 5.41) is 3.02. The number of benzene rings is 1. The van der Waals surface area contributed by atoms with Crippen molar-refractivity contribution in [3.05, 3.63) is 29.8 Å². The molecule has 0 aromatic heterocycles. The van der Waals surface area contributed by atoms with Gasteiger partial charge in [0.05, 0.1) is 12.6 Å². The Labute approximate surface area is 101 Å². The van der Waals surface area contributed by atoms with E-state index in [1.807, 2.05) is 23.1 Å². The number of anilines is 1. The summed E-state index contributed by atoms with van der Waals surface area (Å²) in [5.41, 5.74) is 2.30. The molecule has 4 heteroatoms. The van der Waals surface area contributed by atoms with Crippen LogP contribution in [0.15, 0.2) is 24.3 Å². The van der Waals surface area contributed by atoms with E-state index in [0.717, 1.165) is 31.7 Å². The molecule has 90 valence electrons. The number of fused-ring (bicyclic) bond motifs is 1. The minimum absolute atomic E-state index is 0.00505. The summed E-state index contributed by atoms with van der Waals surface area (Å²) < 4.78 is 5.26. The largest absolute Gasteiger partial charge is 0.379 e. The van der Waals surface area contributed by atoms with Crippen LogP contribution in [0, 0.1) is 0 Å². The Kier molecular flexibility index (Phi) is 2.73. The van der Waals surface area contributed by atoms with Crippen molar-refractivity contribution in [2.75, 3.05) is 24.7 Å². The van der Waals surface area contributed by atoms with Gasteiger partial charge >= 0.3 is 6.03 Å². The highest BCUT2D eigenvalue weighted by atomic mass is 16.5. The van der Waals surface area contributed by atoms with Crippen LogP contribution in [-0.2, 0) is 11.2 Å². The summed E-state index contributed by atoms with van der Waals surface area (Å²) >= 11 is 0. The van der Waals surface area contributed by atoms with E-state index in [0.29, 0.717) is 6.61 Å². The number of hydrogen-bond donors (Lipinski definition) is 1. The van der Waals surface area contributed by atoms with Crippen molar-refractivity contribution < 1.29 is 9.53 Å². The number of carbonyl (C=O) groups is 1. The molecule has 0 radical (unpaired) electrons. The zero-order valence-electron chi connectivity index (χ0n) is 9.69. The summed E-state index contributed by atoms with van der Waals surface area (Å²) in [7, 11) is 0. The first-order chi connectivity index (χ1) is 8.34. The SMILES string of the molecule is O=C(NC1CCOC1)N1CCc2ccccc21. The highest BCUT2D eigenvalue weighted by molar-refractivity contribution is 5.94. The van der Waals surface area contributed by atoms with Crippen LogP contribution < -0.4 is 10.2 Å². The Balaban J connectivity index is 1.71. The molecule has 17 heavy (non-hydrogen) atoms. The number of amides is 2. The van der Waals surface area contributed by atoms with Gasteiger partial charge < -0.3 is 10.1 Å². The molecule has 1 N–H and O–H groups in total. The molecule has 0 spiro atoms. The molecule has 1 saturated heterocycles. The third kappa shape index (κ3) is 2.00. The maximum Gasteiger partial charge on any atom is 0.322 e. The van der Waals surface area contributed by atoms with E-state index in [1.54, 1.807) is 0 Å². The molecule has 1 aromatic rings. The molecule has 1 fully saturated rings. The van der Waals surface area contributed by atoms with Gasteiger partial charge in [-0.2, -0.15) is 0 Å². The summed E-state index contributed by atoms with van der Waals surface area (Å²) in [6, 6.07) is 8.27. The number of ether oxygens (including phenoxy) is 1. The van der Waals surface area contributed by atoms with Crippen LogP contribution in [0.2, 0.25) is 0 Å². The van der Waals surface area contributed by atoms with E-state index in [9.17, 15) is 4.79 Å². The molecule has 4 nitrogen and oxygen atoms in total. The van der Waals surface area contributed by atoms with Gasteiger partial charge in [0.2, 0.25) is 0 Å². The third-order valence-electron chi connectivity index (χ3n) is 3.39. The van der Waals surface area contributed by atoms with Gasteiger partial charge in [-0.1, -0.05) is 18.2 Å². The van der Waals surface area contributed by atoms with Crippen LogP contribution in [-0.4, -0.2) is 31.8 Å². The normalized spacial score (nSPS) is 22.6. The first-order valence-electron chi connectivity index (χ1n) is 6.08. The number of hydrogen-bond acceptors (Lipinski definition) is 2. The second-order valence-electron chi connectivity index (χ2n) is 4.54. The van der Waals surface area contributed by atoms with Crippen molar-refractivity contribution in [2.24, 2.45) is 0 Å². The lowest BCUT2D eigenvalue weighted by molar-refractivity contribution is 0.189. The van der Waals surface area contributed by atoms with E-state index < -0.39 is 0 Å². The Morgan fingerprint density at radius 2 is 2.29 bits per heavy atom. The van der Waals surface area contributed by atoms with Crippen molar-refractivity contribution in [2.45, 2.75) is 18.9 Å².